The van der Waals surface area contributed by atoms with Crippen LogP contribution in [-0.4, -0.2) is 35.1 Å². The average Bonchev–Trinajstić information content (AvgIpc) is 2.46. The van der Waals surface area contributed by atoms with Crippen LogP contribution < -0.4 is 5.32 Å². The predicted molar refractivity (Wildman–Crippen MR) is 84.6 cm³/mol. The normalized spacial score (nSPS) is 17.2. The van der Waals surface area contributed by atoms with E-state index in [1.807, 2.05) is 35.2 Å². The molecule has 1 aromatic carbocycles. The smallest absolute Gasteiger partial charge is 0.317 e. The largest absolute Gasteiger partial charge is 0.481 e. The number of carboxylic acids is 1. The van der Waals surface area contributed by atoms with Gasteiger partial charge in [0.05, 0.1) is 12.5 Å². The Morgan fingerprint density at radius 1 is 1.05 bits per heavy atom. The molecule has 1 aromatic rings. The average molecular weight is 304 g/mol. The van der Waals surface area contributed by atoms with Gasteiger partial charge in [-0.3, -0.25) is 4.79 Å². The first kappa shape index (κ1) is 16.3. The number of hydrogen-bond acceptors (Lipinski definition) is 2. The van der Waals surface area contributed by atoms with Gasteiger partial charge in [0.25, 0.3) is 0 Å². The Kier molecular flexibility index (Phi) is 6.25. The molecule has 0 aliphatic carbocycles. The van der Waals surface area contributed by atoms with Crippen molar-refractivity contribution in [1.82, 2.24) is 10.2 Å². The Labute approximate surface area is 131 Å². The first-order chi connectivity index (χ1) is 10.7. The molecule has 1 saturated heterocycles. The van der Waals surface area contributed by atoms with E-state index in [-0.39, 0.29) is 12.5 Å². The fourth-order valence-electron chi connectivity index (χ4n) is 2.80. The molecule has 1 unspecified atom stereocenters. The van der Waals surface area contributed by atoms with Crippen LogP contribution in [0, 0.1) is 0 Å². The van der Waals surface area contributed by atoms with Gasteiger partial charge in [-0.1, -0.05) is 49.6 Å². The molecule has 5 heteroatoms. The fourth-order valence-corrected chi connectivity index (χ4v) is 2.80. The van der Waals surface area contributed by atoms with Crippen molar-refractivity contribution in [3.05, 3.63) is 35.9 Å². The van der Waals surface area contributed by atoms with Gasteiger partial charge in [-0.25, -0.2) is 4.79 Å². The van der Waals surface area contributed by atoms with Gasteiger partial charge in [-0.15, -0.1) is 0 Å². The van der Waals surface area contributed by atoms with Crippen molar-refractivity contribution in [3.8, 4) is 0 Å². The zero-order valence-corrected chi connectivity index (χ0v) is 12.8. The monoisotopic (exact) mass is 304 g/mol. The molecule has 2 amide bonds. The molecule has 1 atom stereocenters. The lowest BCUT2D eigenvalue weighted by atomic mass is 10.0. The number of aliphatic carboxylic acids is 1. The van der Waals surface area contributed by atoms with E-state index in [0.717, 1.165) is 44.3 Å². The fraction of sp³-hybridized carbons (Fsp3) is 0.529. The lowest BCUT2D eigenvalue weighted by molar-refractivity contribution is -0.137. The summed E-state index contributed by atoms with van der Waals surface area (Å²) in [7, 11) is 0. The third-order valence-corrected chi connectivity index (χ3v) is 4.02. The summed E-state index contributed by atoms with van der Waals surface area (Å²) in [6.45, 7) is 1.50. The molecule has 1 fully saturated rings. The molecule has 2 rings (SSSR count). The molecule has 0 radical (unpaired) electrons. The van der Waals surface area contributed by atoms with E-state index in [1.165, 1.54) is 6.42 Å². The number of benzene rings is 1. The Morgan fingerprint density at radius 3 is 2.23 bits per heavy atom. The highest BCUT2D eigenvalue weighted by Crippen LogP contribution is 2.18. The van der Waals surface area contributed by atoms with Gasteiger partial charge < -0.3 is 15.3 Å². The number of carbonyl (C=O) groups excluding carboxylic acids is 1. The van der Waals surface area contributed by atoms with E-state index < -0.39 is 12.0 Å². The predicted octanol–water partition coefficient (Wildman–Crippen LogP) is 3.18. The summed E-state index contributed by atoms with van der Waals surface area (Å²) in [5.41, 5.74) is 0.824. The molecule has 2 N–H and O–H groups in total. The molecular formula is C17H24N2O3. The van der Waals surface area contributed by atoms with Gasteiger partial charge in [0.15, 0.2) is 0 Å². The topological polar surface area (TPSA) is 69.6 Å². The van der Waals surface area contributed by atoms with Crippen molar-refractivity contribution >= 4 is 12.0 Å². The number of rotatable bonds is 4. The third-order valence-electron chi connectivity index (χ3n) is 4.02. The maximum absolute atomic E-state index is 12.5. The SMILES string of the molecule is O=C(O)CC(NC(=O)N1CCCCCCC1)c1ccccc1. The van der Waals surface area contributed by atoms with E-state index in [4.69, 9.17) is 5.11 Å². The summed E-state index contributed by atoms with van der Waals surface area (Å²) in [5, 5.41) is 12.0. The first-order valence-electron chi connectivity index (χ1n) is 7.99. The molecular weight excluding hydrogens is 280 g/mol. The molecule has 0 saturated carbocycles. The van der Waals surface area contributed by atoms with Crippen LogP contribution in [0.15, 0.2) is 30.3 Å². The van der Waals surface area contributed by atoms with Gasteiger partial charge in [-0.05, 0) is 18.4 Å². The summed E-state index contributed by atoms with van der Waals surface area (Å²) >= 11 is 0. The maximum Gasteiger partial charge on any atom is 0.317 e. The Morgan fingerprint density at radius 2 is 1.64 bits per heavy atom. The van der Waals surface area contributed by atoms with E-state index >= 15 is 0 Å². The van der Waals surface area contributed by atoms with Gasteiger partial charge >= 0.3 is 12.0 Å². The number of likely N-dealkylation sites (tertiary alicyclic amines) is 1. The summed E-state index contributed by atoms with van der Waals surface area (Å²) in [6.07, 6.45) is 5.47. The van der Waals surface area contributed by atoms with Gasteiger partial charge in [-0.2, -0.15) is 0 Å². The molecule has 1 aliphatic rings. The van der Waals surface area contributed by atoms with Crippen molar-refractivity contribution in [3.63, 3.8) is 0 Å². The van der Waals surface area contributed by atoms with Crippen molar-refractivity contribution in [2.45, 2.75) is 44.6 Å². The highest BCUT2D eigenvalue weighted by Gasteiger charge is 2.21. The van der Waals surface area contributed by atoms with Gasteiger partial charge in [0, 0.05) is 13.1 Å². The summed E-state index contributed by atoms with van der Waals surface area (Å²) < 4.78 is 0. The Hall–Kier alpha value is -2.04. The van der Waals surface area contributed by atoms with Crippen LogP contribution in [0.3, 0.4) is 0 Å². The van der Waals surface area contributed by atoms with Crippen molar-refractivity contribution in [1.29, 1.82) is 0 Å². The highest BCUT2D eigenvalue weighted by molar-refractivity contribution is 5.76. The van der Waals surface area contributed by atoms with Crippen LogP contribution >= 0.6 is 0 Å². The van der Waals surface area contributed by atoms with Crippen molar-refractivity contribution in [2.75, 3.05) is 13.1 Å². The number of hydrogen-bond donors (Lipinski definition) is 2. The molecule has 0 bridgehead atoms. The van der Waals surface area contributed by atoms with Crippen LogP contribution in [-0.2, 0) is 4.79 Å². The molecule has 5 nitrogen and oxygen atoms in total. The first-order valence-corrected chi connectivity index (χ1v) is 7.99. The van der Waals surface area contributed by atoms with Crippen molar-refractivity contribution in [2.24, 2.45) is 0 Å². The molecule has 22 heavy (non-hydrogen) atoms. The number of carbonyl (C=O) groups is 2. The van der Waals surface area contributed by atoms with Crippen molar-refractivity contribution < 1.29 is 14.7 Å². The highest BCUT2D eigenvalue weighted by atomic mass is 16.4. The third kappa shape index (κ3) is 5.06. The number of urea groups is 1. The van der Waals surface area contributed by atoms with Gasteiger partial charge in [0.1, 0.15) is 0 Å². The zero-order valence-electron chi connectivity index (χ0n) is 12.8. The van der Waals surface area contributed by atoms with Crippen LogP contribution in [0.5, 0.6) is 0 Å². The van der Waals surface area contributed by atoms with E-state index in [0.29, 0.717) is 0 Å². The van der Waals surface area contributed by atoms with Crippen LogP contribution in [0.25, 0.3) is 0 Å². The standard InChI is InChI=1S/C17H24N2O3/c20-16(21)13-15(14-9-5-4-6-10-14)18-17(22)19-11-7-2-1-3-8-12-19/h4-6,9-10,15H,1-3,7-8,11-13H2,(H,18,22)(H,20,21). The quantitative estimate of drug-likeness (QED) is 0.897. The number of amides is 2. The number of carboxylic acid groups (broad SMARTS) is 1. The van der Waals surface area contributed by atoms with Crippen LogP contribution in [0.1, 0.15) is 50.1 Å². The Balaban J connectivity index is 2.02. The Bertz CT molecular complexity index is 482. The second-order valence-electron chi connectivity index (χ2n) is 5.77. The van der Waals surface area contributed by atoms with Gasteiger partial charge in [0.2, 0.25) is 0 Å². The lowest BCUT2D eigenvalue weighted by Gasteiger charge is -2.27. The molecule has 1 heterocycles. The van der Waals surface area contributed by atoms with E-state index in [2.05, 4.69) is 5.32 Å². The van der Waals surface area contributed by atoms with E-state index in [9.17, 15) is 9.59 Å². The molecule has 0 spiro atoms. The molecule has 120 valence electrons. The number of nitrogens with one attached hydrogen (secondary N) is 1. The molecule has 1 aliphatic heterocycles. The second kappa shape index (κ2) is 8.41. The maximum atomic E-state index is 12.5. The summed E-state index contributed by atoms with van der Waals surface area (Å²) in [6, 6.07) is 8.64. The van der Waals surface area contributed by atoms with Crippen LogP contribution in [0.4, 0.5) is 4.79 Å². The second-order valence-corrected chi connectivity index (χ2v) is 5.77. The summed E-state index contributed by atoms with van der Waals surface area (Å²) in [5.74, 6) is -0.915. The zero-order chi connectivity index (χ0) is 15.8. The minimum absolute atomic E-state index is 0.108. The number of nitrogens with zero attached hydrogens (tertiary/aromatic N) is 1. The minimum Gasteiger partial charge on any atom is -0.481 e. The van der Waals surface area contributed by atoms with Crippen LogP contribution in [0.2, 0.25) is 0 Å². The van der Waals surface area contributed by atoms with E-state index in [1.54, 1.807) is 0 Å². The molecule has 0 aromatic heterocycles. The summed E-state index contributed by atoms with van der Waals surface area (Å²) in [4.78, 5) is 25.3. The minimum atomic E-state index is -0.915. The lowest BCUT2D eigenvalue weighted by Crippen LogP contribution is -2.43.